The molecule has 3 nitrogen and oxygen atoms in total. The fourth-order valence-corrected chi connectivity index (χ4v) is 2.64. The molecule has 0 aliphatic carbocycles. The van der Waals surface area contributed by atoms with E-state index in [1.54, 1.807) is 0 Å². The van der Waals surface area contributed by atoms with E-state index in [4.69, 9.17) is 4.74 Å². The molecule has 1 N–H and O–H groups in total. The Kier molecular flexibility index (Phi) is 6.34. The highest BCUT2D eigenvalue weighted by molar-refractivity contribution is 5.14. The van der Waals surface area contributed by atoms with Crippen LogP contribution < -0.4 is 5.32 Å². The van der Waals surface area contributed by atoms with Gasteiger partial charge in [-0.2, -0.15) is 0 Å². The summed E-state index contributed by atoms with van der Waals surface area (Å²) < 4.78 is 5.72. The van der Waals surface area contributed by atoms with Gasteiger partial charge in [0.15, 0.2) is 0 Å². The van der Waals surface area contributed by atoms with Crippen molar-refractivity contribution < 1.29 is 4.74 Å². The van der Waals surface area contributed by atoms with Crippen LogP contribution in [0.25, 0.3) is 0 Å². The minimum Gasteiger partial charge on any atom is -0.374 e. The van der Waals surface area contributed by atoms with Crippen molar-refractivity contribution in [3.63, 3.8) is 0 Å². The molecule has 1 aliphatic rings. The molecule has 0 amide bonds. The first-order valence-electron chi connectivity index (χ1n) is 7.41. The molecule has 1 aliphatic heterocycles. The Morgan fingerprint density at radius 3 is 2.89 bits per heavy atom. The highest BCUT2D eigenvalue weighted by Crippen LogP contribution is 2.08. The first-order chi connectivity index (χ1) is 9.38. The quantitative estimate of drug-likeness (QED) is 0.760. The number of nitrogens with zero attached hydrogens (tertiary/aromatic N) is 1. The van der Waals surface area contributed by atoms with Crippen LogP contribution in [0, 0.1) is 0 Å². The molecule has 19 heavy (non-hydrogen) atoms. The van der Waals surface area contributed by atoms with Crippen molar-refractivity contribution in [2.45, 2.75) is 25.4 Å². The van der Waals surface area contributed by atoms with Gasteiger partial charge in [-0.25, -0.2) is 0 Å². The summed E-state index contributed by atoms with van der Waals surface area (Å²) in [6.45, 7) is 5.21. The van der Waals surface area contributed by atoms with E-state index in [9.17, 15) is 0 Å². The smallest absolute Gasteiger partial charge is 0.0826 e. The van der Waals surface area contributed by atoms with Gasteiger partial charge in [0.25, 0.3) is 0 Å². The van der Waals surface area contributed by atoms with Gasteiger partial charge in [-0.15, -0.1) is 0 Å². The van der Waals surface area contributed by atoms with Gasteiger partial charge in [0, 0.05) is 19.6 Å². The van der Waals surface area contributed by atoms with Crippen molar-refractivity contribution in [2.75, 3.05) is 39.8 Å². The fraction of sp³-hybridized carbons (Fsp3) is 0.625. The zero-order valence-corrected chi connectivity index (χ0v) is 12.0. The Hall–Kier alpha value is -0.900. The molecule has 0 saturated carbocycles. The molecule has 1 unspecified atom stereocenters. The zero-order chi connectivity index (χ0) is 13.3. The zero-order valence-electron chi connectivity index (χ0n) is 12.0. The van der Waals surface area contributed by atoms with Gasteiger partial charge >= 0.3 is 0 Å². The van der Waals surface area contributed by atoms with Crippen molar-refractivity contribution in [3.05, 3.63) is 35.9 Å². The third kappa shape index (κ3) is 5.31. The van der Waals surface area contributed by atoms with E-state index in [0.717, 1.165) is 26.2 Å². The topological polar surface area (TPSA) is 24.5 Å². The van der Waals surface area contributed by atoms with Crippen LogP contribution in [-0.4, -0.2) is 50.8 Å². The molecule has 1 aromatic carbocycles. The lowest BCUT2D eigenvalue weighted by Gasteiger charge is -2.32. The lowest BCUT2D eigenvalue weighted by Crippen LogP contribution is -2.46. The molecule has 1 atom stereocenters. The van der Waals surface area contributed by atoms with Gasteiger partial charge < -0.3 is 10.1 Å². The summed E-state index contributed by atoms with van der Waals surface area (Å²) in [5.74, 6) is 0. The molecular formula is C16H26N2O. The summed E-state index contributed by atoms with van der Waals surface area (Å²) in [4.78, 5) is 2.54. The molecule has 3 heteroatoms. The maximum absolute atomic E-state index is 5.72. The van der Waals surface area contributed by atoms with Crippen LogP contribution in [0.3, 0.4) is 0 Å². The highest BCUT2D eigenvalue weighted by Gasteiger charge is 2.18. The van der Waals surface area contributed by atoms with Crippen molar-refractivity contribution in [1.82, 2.24) is 10.2 Å². The van der Waals surface area contributed by atoms with E-state index in [1.807, 2.05) is 7.05 Å². The number of likely N-dealkylation sites (N-methyl/N-ethyl adjacent to an activating group) is 1. The molecule has 1 saturated heterocycles. The normalized spacial score (nSPS) is 20.6. The molecule has 1 aromatic rings. The minimum absolute atomic E-state index is 0.368. The van der Waals surface area contributed by atoms with Crippen LogP contribution in [-0.2, 0) is 11.2 Å². The average Bonchev–Trinajstić information content (AvgIpc) is 2.46. The Labute approximate surface area is 116 Å². The van der Waals surface area contributed by atoms with Crippen molar-refractivity contribution >= 4 is 0 Å². The van der Waals surface area contributed by atoms with E-state index in [-0.39, 0.29) is 0 Å². The summed E-state index contributed by atoms with van der Waals surface area (Å²) in [5.41, 5.74) is 1.46. The van der Waals surface area contributed by atoms with Crippen LogP contribution in [0.1, 0.15) is 18.4 Å². The second kappa shape index (κ2) is 8.31. The largest absolute Gasteiger partial charge is 0.374 e. The van der Waals surface area contributed by atoms with Crippen LogP contribution in [0.4, 0.5) is 0 Å². The molecule has 0 spiro atoms. The predicted molar refractivity (Wildman–Crippen MR) is 79.5 cm³/mol. The summed E-state index contributed by atoms with van der Waals surface area (Å²) in [6, 6.07) is 10.8. The molecule has 2 rings (SSSR count). The second-order valence-electron chi connectivity index (χ2n) is 5.29. The number of benzene rings is 1. The molecule has 0 bridgehead atoms. The van der Waals surface area contributed by atoms with Crippen LogP contribution >= 0.6 is 0 Å². The van der Waals surface area contributed by atoms with Gasteiger partial charge in [-0.3, -0.25) is 4.90 Å². The highest BCUT2D eigenvalue weighted by atomic mass is 16.5. The monoisotopic (exact) mass is 262 g/mol. The van der Waals surface area contributed by atoms with E-state index in [2.05, 4.69) is 40.5 Å². The predicted octanol–water partition coefficient (Wildman–Crippen LogP) is 1.93. The van der Waals surface area contributed by atoms with Crippen LogP contribution in [0.15, 0.2) is 30.3 Å². The first kappa shape index (κ1) is 14.5. The third-order valence-electron chi connectivity index (χ3n) is 3.69. The maximum atomic E-state index is 5.72. The number of rotatable bonds is 7. The molecule has 0 aromatic heterocycles. The van der Waals surface area contributed by atoms with E-state index in [1.165, 1.54) is 31.4 Å². The molecule has 1 heterocycles. The van der Waals surface area contributed by atoms with E-state index in [0.29, 0.717) is 6.10 Å². The molecule has 0 radical (unpaired) electrons. The third-order valence-corrected chi connectivity index (χ3v) is 3.69. The fourth-order valence-electron chi connectivity index (χ4n) is 2.64. The Balaban J connectivity index is 1.60. The van der Waals surface area contributed by atoms with Crippen LogP contribution in [0.5, 0.6) is 0 Å². The van der Waals surface area contributed by atoms with Crippen molar-refractivity contribution in [1.29, 1.82) is 0 Å². The summed E-state index contributed by atoms with van der Waals surface area (Å²) in [6.07, 6.45) is 4.12. The average molecular weight is 262 g/mol. The Morgan fingerprint density at radius 1 is 1.26 bits per heavy atom. The number of morpholine rings is 1. The van der Waals surface area contributed by atoms with E-state index < -0.39 is 0 Å². The second-order valence-corrected chi connectivity index (χ2v) is 5.29. The SMILES string of the molecule is CNCC1CN(CCCCc2ccccc2)CCO1. The maximum Gasteiger partial charge on any atom is 0.0826 e. The standard InChI is InChI=1S/C16H26N2O/c1-17-13-16-14-18(11-12-19-16)10-6-5-9-15-7-3-2-4-8-15/h2-4,7-8,16-17H,5-6,9-14H2,1H3. The number of unbranched alkanes of at least 4 members (excludes halogenated alkanes) is 1. The molecule has 106 valence electrons. The molecular weight excluding hydrogens is 236 g/mol. The number of aryl methyl sites for hydroxylation is 1. The van der Waals surface area contributed by atoms with Crippen molar-refractivity contribution in [3.8, 4) is 0 Å². The van der Waals surface area contributed by atoms with Gasteiger partial charge in [-0.1, -0.05) is 30.3 Å². The van der Waals surface area contributed by atoms with Crippen LogP contribution in [0.2, 0.25) is 0 Å². The van der Waals surface area contributed by atoms with Gasteiger partial charge in [0.1, 0.15) is 0 Å². The summed E-state index contributed by atoms with van der Waals surface area (Å²) in [5, 5.41) is 3.20. The van der Waals surface area contributed by atoms with Crippen molar-refractivity contribution in [2.24, 2.45) is 0 Å². The molecule has 1 fully saturated rings. The Bertz CT molecular complexity index is 340. The number of hydrogen-bond donors (Lipinski definition) is 1. The number of hydrogen-bond acceptors (Lipinski definition) is 3. The minimum atomic E-state index is 0.368. The number of nitrogens with one attached hydrogen (secondary N) is 1. The number of ether oxygens (including phenoxy) is 1. The van der Waals surface area contributed by atoms with Gasteiger partial charge in [0.2, 0.25) is 0 Å². The van der Waals surface area contributed by atoms with E-state index >= 15 is 0 Å². The van der Waals surface area contributed by atoms with Gasteiger partial charge in [-0.05, 0) is 38.4 Å². The van der Waals surface area contributed by atoms with Gasteiger partial charge in [0.05, 0.1) is 12.7 Å². The summed E-state index contributed by atoms with van der Waals surface area (Å²) >= 11 is 0. The Morgan fingerprint density at radius 2 is 2.11 bits per heavy atom. The lowest BCUT2D eigenvalue weighted by molar-refractivity contribution is -0.0265. The summed E-state index contributed by atoms with van der Waals surface area (Å²) in [7, 11) is 1.99. The lowest BCUT2D eigenvalue weighted by atomic mass is 10.1. The first-order valence-corrected chi connectivity index (χ1v) is 7.41.